The number of para-hydroxylation sites is 1. The number of fused-ring (bicyclic) bond motifs is 1. The van der Waals surface area contributed by atoms with E-state index in [1.807, 2.05) is 6.07 Å². The highest BCUT2D eigenvalue weighted by Crippen LogP contribution is 2.22. The molecular formula is C21H26N4O2S. The maximum Gasteiger partial charge on any atom is 0.261 e. The molecule has 6 nitrogen and oxygen atoms in total. The zero-order chi connectivity index (χ0) is 19.9. The molecule has 7 heteroatoms. The third-order valence-corrected chi connectivity index (χ3v) is 5.62. The molecular weight excluding hydrogens is 372 g/mol. The van der Waals surface area contributed by atoms with E-state index in [1.165, 1.54) is 48.0 Å². The number of carbonyl (C=O) groups excluding carboxylic acids is 1. The van der Waals surface area contributed by atoms with Crippen molar-refractivity contribution < 1.29 is 4.79 Å². The summed E-state index contributed by atoms with van der Waals surface area (Å²) in [5.74, 6) is 1.24. The van der Waals surface area contributed by atoms with Crippen LogP contribution in [0, 0.1) is 12.8 Å². The van der Waals surface area contributed by atoms with E-state index in [1.54, 1.807) is 36.7 Å². The lowest BCUT2D eigenvalue weighted by molar-refractivity contribution is -0.116. The van der Waals surface area contributed by atoms with Gasteiger partial charge in [-0.25, -0.2) is 9.97 Å². The first-order valence-corrected chi connectivity index (χ1v) is 10.6. The van der Waals surface area contributed by atoms with E-state index >= 15 is 0 Å². The van der Waals surface area contributed by atoms with Crippen molar-refractivity contribution in [3.05, 3.63) is 52.0 Å². The van der Waals surface area contributed by atoms with Gasteiger partial charge in [0.05, 0.1) is 10.9 Å². The van der Waals surface area contributed by atoms with Gasteiger partial charge in [-0.15, -0.1) is 11.3 Å². The van der Waals surface area contributed by atoms with Crippen LogP contribution >= 0.6 is 11.3 Å². The Balaban J connectivity index is 0.000000271. The largest absolute Gasteiger partial charge is 0.300 e. The van der Waals surface area contributed by atoms with E-state index in [2.05, 4.69) is 22.2 Å². The van der Waals surface area contributed by atoms with Gasteiger partial charge in [-0.2, -0.15) is 0 Å². The zero-order valence-electron chi connectivity index (χ0n) is 16.4. The van der Waals surface area contributed by atoms with Crippen LogP contribution in [0.1, 0.15) is 44.9 Å². The maximum absolute atomic E-state index is 12.4. The molecule has 0 unspecified atom stereocenters. The van der Waals surface area contributed by atoms with E-state index < -0.39 is 0 Å². The van der Waals surface area contributed by atoms with Gasteiger partial charge in [0.1, 0.15) is 12.4 Å². The van der Waals surface area contributed by atoms with Gasteiger partial charge >= 0.3 is 0 Å². The van der Waals surface area contributed by atoms with Crippen molar-refractivity contribution in [3.8, 4) is 0 Å². The molecule has 1 amide bonds. The Labute approximate surface area is 168 Å². The SMILES string of the molecule is CC1CCCCC1.Cc1nc2ccccc2c(=O)n1CC(=O)Nc1nccs1. The Morgan fingerprint density at radius 3 is 2.64 bits per heavy atom. The van der Waals surface area contributed by atoms with Crippen LogP contribution in [0.25, 0.3) is 10.9 Å². The van der Waals surface area contributed by atoms with Crippen LogP contribution < -0.4 is 10.9 Å². The Bertz CT molecular complexity index is 976. The molecule has 0 spiro atoms. The van der Waals surface area contributed by atoms with Gasteiger partial charge < -0.3 is 5.32 Å². The van der Waals surface area contributed by atoms with Gasteiger partial charge in [0.25, 0.3) is 5.56 Å². The van der Waals surface area contributed by atoms with E-state index in [-0.39, 0.29) is 18.0 Å². The molecule has 148 valence electrons. The molecule has 2 heterocycles. The number of hydrogen-bond acceptors (Lipinski definition) is 5. The van der Waals surface area contributed by atoms with Crippen LogP contribution in [-0.2, 0) is 11.3 Å². The summed E-state index contributed by atoms with van der Waals surface area (Å²) in [5.41, 5.74) is 0.420. The zero-order valence-corrected chi connectivity index (χ0v) is 17.2. The molecule has 0 saturated heterocycles. The third-order valence-electron chi connectivity index (χ3n) is 4.93. The molecule has 1 N–H and O–H groups in total. The van der Waals surface area contributed by atoms with E-state index in [0.29, 0.717) is 21.9 Å². The summed E-state index contributed by atoms with van der Waals surface area (Å²) in [5, 5.41) is 5.44. The Morgan fingerprint density at radius 2 is 2.00 bits per heavy atom. The molecule has 1 aliphatic carbocycles. The first kappa shape index (κ1) is 20.2. The van der Waals surface area contributed by atoms with Crippen LogP contribution in [0.3, 0.4) is 0 Å². The van der Waals surface area contributed by atoms with Gasteiger partial charge in [-0.05, 0) is 25.0 Å². The van der Waals surface area contributed by atoms with Crippen LogP contribution in [0.4, 0.5) is 5.13 Å². The average Bonchev–Trinajstić information content (AvgIpc) is 3.19. The fraction of sp³-hybridized carbons (Fsp3) is 0.429. The molecule has 0 atom stereocenters. The lowest BCUT2D eigenvalue weighted by atomic mass is 9.91. The second-order valence-electron chi connectivity index (χ2n) is 7.20. The number of benzene rings is 1. The fourth-order valence-corrected chi connectivity index (χ4v) is 3.90. The summed E-state index contributed by atoms with van der Waals surface area (Å²) in [6.07, 6.45) is 9.04. The number of rotatable bonds is 3. The number of amides is 1. The van der Waals surface area contributed by atoms with Gasteiger partial charge in [-0.1, -0.05) is 51.2 Å². The Hall–Kier alpha value is -2.54. The van der Waals surface area contributed by atoms with Crippen molar-refractivity contribution in [1.29, 1.82) is 0 Å². The lowest BCUT2D eigenvalue weighted by Crippen LogP contribution is -2.30. The number of nitrogens with zero attached hydrogens (tertiary/aromatic N) is 3. The summed E-state index contributed by atoms with van der Waals surface area (Å²) in [4.78, 5) is 32.7. The third kappa shape index (κ3) is 5.25. The van der Waals surface area contributed by atoms with Crippen molar-refractivity contribution in [2.75, 3.05) is 5.32 Å². The quantitative estimate of drug-likeness (QED) is 0.710. The molecule has 3 aromatic rings. The average molecular weight is 399 g/mol. The number of thiazole rings is 1. The van der Waals surface area contributed by atoms with Crippen molar-refractivity contribution in [2.45, 2.75) is 52.5 Å². The summed E-state index contributed by atoms with van der Waals surface area (Å²) in [7, 11) is 0. The minimum absolute atomic E-state index is 0.0813. The monoisotopic (exact) mass is 398 g/mol. The highest BCUT2D eigenvalue weighted by atomic mass is 32.1. The van der Waals surface area contributed by atoms with Crippen molar-refractivity contribution >= 4 is 33.3 Å². The number of nitrogens with one attached hydrogen (secondary N) is 1. The number of carbonyl (C=O) groups is 1. The first-order chi connectivity index (χ1) is 13.5. The molecule has 0 bridgehead atoms. The Kier molecular flexibility index (Phi) is 6.92. The molecule has 0 radical (unpaired) electrons. The predicted molar refractivity (Wildman–Crippen MR) is 114 cm³/mol. The molecule has 1 aliphatic rings. The first-order valence-electron chi connectivity index (χ1n) is 9.70. The second kappa shape index (κ2) is 9.59. The topological polar surface area (TPSA) is 76.9 Å². The molecule has 1 fully saturated rings. The molecule has 28 heavy (non-hydrogen) atoms. The van der Waals surface area contributed by atoms with Crippen LogP contribution in [0.2, 0.25) is 0 Å². The number of hydrogen-bond donors (Lipinski definition) is 1. The highest BCUT2D eigenvalue weighted by Gasteiger charge is 2.12. The standard InChI is InChI=1S/C14H12N4O2S.C7H14/c1-9-16-11-5-3-2-4-10(11)13(20)18(9)8-12(19)17-14-15-6-7-21-14;1-7-5-3-2-4-6-7/h2-7H,8H2,1H3,(H,15,17,19);7H,2-6H2,1H3. The van der Waals surface area contributed by atoms with E-state index in [9.17, 15) is 9.59 Å². The predicted octanol–water partition coefficient (Wildman–Crippen LogP) is 4.39. The smallest absolute Gasteiger partial charge is 0.261 e. The van der Waals surface area contributed by atoms with Crippen LogP contribution in [0.5, 0.6) is 0 Å². The van der Waals surface area contributed by atoms with Crippen molar-refractivity contribution in [3.63, 3.8) is 0 Å². The molecule has 1 aromatic carbocycles. The second-order valence-corrected chi connectivity index (χ2v) is 8.09. The van der Waals surface area contributed by atoms with Crippen molar-refractivity contribution in [1.82, 2.24) is 14.5 Å². The summed E-state index contributed by atoms with van der Waals surface area (Å²) < 4.78 is 1.37. The minimum Gasteiger partial charge on any atom is -0.300 e. The van der Waals surface area contributed by atoms with Gasteiger partial charge in [0.2, 0.25) is 5.91 Å². The molecule has 4 rings (SSSR count). The minimum atomic E-state index is -0.299. The van der Waals surface area contributed by atoms with Crippen molar-refractivity contribution in [2.24, 2.45) is 5.92 Å². The van der Waals surface area contributed by atoms with Gasteiger partial charge in [0, 0.05) is 11.6 Å². The summed E-state index contributed by atoms with van der Waals surface area (Å²) >= 11 is 1.33. The molecule has 0 aliphatic heterocycles. The molecule has 1 saturated carbocycles. The van der Waals surface area contributed by atoms with Crippen LogP contribution in [-0.4, -0.2) is 20.4 Å². The van der Waals surface area contributed by atoms with E-state index in [0.717, 1.165) is 5.92 Å². The van der Waals surface area contributed by atoms with Crippen LogP contribution in [0.15, 0.2) is 40.6 Å². The highest BCUT2D eigenvalue weighted by molar-refractivity contribution is 7.13. The maximum atomic E-state index is 12.4. The fourth-order valence-electron chi connectivity index (χ4n) is 3.36. The van der Waals surface area contributed by atoms with Gasteiger partial charge in [-0.3, -0.25) is 14.2 Å². The number of aromatic nitrogens is 3. The summed E-state index contributed by atoms with van der Waals surface area (Å²) in [6, 6.07) is 7.09. The van der Waals surface area contributed by atoms with E-state index in [4.69, 9.17) is 0 Å². The number of anilines is 1. The normalized spacial score (nSPS) is 14.4. The summed E-state index contributed by atoms with van der Waals surface area (Å²) in [6.45, 7) is 3.99. The molecule has 2 aromatic heterocycles. The lowest BCUT2D eigenvalue weighted by Gasteiger charge is -2.15. The van der Waals surface area contributed by atoms with Gasteiger partial charge in [0.15, 0.2) is 5.13 Å². The number of aryl methyl sites for hydroxylation is 1. The Morgan fingerprint density at radius 1 is 1.25 bits per heavy atom.